The highest BCUT2D eigenvalue weighted by Gasteiger charge is 2.01. The first kappa shape index (κ1) is 12.7. The van der Waals surface area contributed by atoms with E-state index in [0.29, 0.717) is 5.75 Å². The Morgan fingerprint density at radius 3 is 2.56 bits per heavy atom. The second-order valence-corrected chi connectivity index (χ2v) is 4.68. The number of benzene rings is 1. The molecule has 0 aliphatic carbocycles. The summed E-state index contributed by atoms with van der Waals surface area (Å²) in [7, 11) is 0.641. The van der Waals surface area contributed by atoms with Gasteiger partial charge in [-0.05, 0) is 30.7 Å². The van der Waals surface area contributed by atoms with Gasteiger partial charge in [-0.1, -0.05) is 18.2 Å². The van der Waals surface area contributed by atoms with Crippen molar-refractivity contribution in [2.75, 3.05) is 12.9 Å². The first-order chi connectivity index (χ1) is 7.77. The molecule has 0 aliphatic rings. The lowest BCUT2D eigenvalue weighted by Crippen LogP contribution is -1.95. The third-order valence-electron chi connectivity index (χ3n) is 2.04. The van der Waals surface area contributed by atoms with Crippen LogP contribution in [0, 0.1) is 0 Å². The van der Waals surface area contributed by atoms with Gasteiger partial charge in [-0.2, -0.15) is 0 Å². The third-order valence-corrected chi connectivity index (χ3v) is 3.33. The van der Waals surface area contributed by atoms with Crippen molar-refractivity contribution in [2.24, 2.45) is 0 Å². The van der Waals surface area contributed by atoms with Gasteiger partial charge < -0.3 is 4.74 Å². The van der Waals surface area contributed by atoms with E-state index >= 15 is 0 Å². The van der Waals surface area contributed by atoms with E-state index in [9.17, 15) is 4.21 Å². The molecule has 0 aliphatic heterocycles. The Hall–Kier alpha value is -1.35. The van der Waals surface area contributed by atoms with E-state index in [1.54, 1.807) is 7.11 Å². The van der Waals surface area contributed by atoms with Crippen molar-refractivity contribution in [3.63, 3.8) is 0 Å². The molecule has 16 heavy (non-hydrogen) atoms. The van der Waals surface area contributed by atoms with E-state index in [1.165, 1.54) is 0 Å². The fourth-order valence-corrected chi connectivity index (χ4v) is 2.11. The van der Waals surface area contributed by atoms with Gasteiger partial charge >= 0.3 is 0 Å². The summed E-state index contributed by atoms with van der Waals surface area (Å²) in [6.07, 6.45) is 6.52. The van der Waals surface area contributed by atoms with Crippen LogP contribution in [0.25, 0.3) is 0 Å². The van der Waals surface area contributed by atoms with Crippen LogP contribution in [0.5, 0.6) is 5.75 Å². The van der Waals surface area contributed by atoms with Gasteiger partial charge in [0.05, 0.1) is 17.9 Å². The highest BCUT2D eigenvalue weighted by atomic mass is 32.2. The van der Waals surface area contributed by atoms with Gasteiger partial charge in [0.15, 0.2) is 0 Å². The number of allylic oxidation sites excluding steroid dienone is 2. The Labute approximate surface area is 99.1 Å². The Balaban J connectivity index is 2.55. The van der Waals surface area contributed by atoms with Gasteiger partial charge in [0, 0.05) is 10.6 Å². The summed E-state index contributed by atoms with van der Waals surface area (Å²) in [4.78, 5) is 0.823. The fourth-order valence-electron chi connectivity index (χ4n) is 1.17. The molecule has 1 unspecified atom stereocenters. The Morgan fingerprint density at radius 1 is 1.31 bits per heavy atom. The van der Waals surface area contributed by atoms with Crippen LogP contribution in [0.3, 0.4) is 0 Å². The van der Waals surface area contributed by atoms with Crippen molar-refractivity contribution >= 4 is 10.8 Å². The summed E-state index contributed by atoms with van der Waals surface area (Å²) in [5.74, 6) is 1.32. The first-order valence-corrected chi connectivity index (χ1v) is 6.38. The van der Waals surface area contributed by atoms with E-state index in [4.69, 9.17) is 4.74 Å². The summed E-state index contributed by atoms with van der Waals surface area (Å²) in [5.41, 5.74) is 0. The lowest BCUT2D eigenvalue weighted by atomic mass is 10.3. The Kier molecular flexibility index (Phi) is 5.57. The molecule has 0 N–H and O–H groups in total. The minimum Gasteiger partial charge on any atom is -0.497 e. The van der Waals surface area contributed by atoms with Gasteiger partial charge in [0.2, 0.25) is 0 Å². The lowest BCUT2D eigenvalue weighted by Gasteiger charge is -2.01. The highest BCUT2D eigenvalue weighted by molar-refractivity contribution is 7.85. The van der Waals surface area contributed by atoms with Crippen LogP contribution in [-0.2, 0) is 10.8 Å². The van der Waals surface area contributed by atoms with Crippen molar-refractivity contribution < 1.29 is 8.95 Å². The van der Waals surface area contributed by atoms with Crippen molar-refractivity contribution in [3.05, 3.63) is 49.1 Å². The summed E-state index contributed by atoms with van der Waals surface area (Å²) < 4.78 is 16.8. The molecule has 1 atom stereocenters. The molecular formula is C13H16O2S. The number of hydrogen-bond donors (Lipinski definition) is 0. The topological polar surface area (TPSA) is 26.3 Å². The maximum absolute atomic E-state index is 11.8. The van der Waals surface area contributed by atoms with E-state index in [-0.39, 0.29) is 0 Å². The van der Waals surface area contributed by atoms with Gasteiger partial charge in [-0.25, -0.2) is 0 Å². The van der Waals surface area contributed by atoms with Crippen LogP contribution >= 0.6 is 0 Å². The van der Waals surface area contributed by atoms with E-state index < -0.39 is 10.8 Å². The molecule has 0 saturated carbocycles. The van der Waals surface area contributed by atoms with Crippen LogP contribution in [0.15, 0.2) is 54.0 Å². The van der Waals surface area contributed by atoms with E-state index in [1.807, 2.05) is 42.5 Å². The molecule has 1 aromatic rings. The van der Waals surface area contributed by atoms with Gasteiger partial charge in [0.25, 0.3) is 0 Å². The SMILES string of the molecule is C=CCC=CCS(=O)c1ccc(OC)cc1. The quantitative estimate of drug-likeness (QED) is 0.710. The summed E-state index contributed by atoms with van der Waals surface area (Å²) in [6, 6.07) is 7.30. The number of methoxy groups -OCH3 is 1. The second kappa shape index (κ2) is 7.01. The molecule has 0 radical (unpaired) electrons. The molecule has 3 heteroatoms. The van der Waals surface area contributed by atoms with Crippen LogP contribution in [0.2, 0.25) is 0 Å². The fraction of sp³-hybridized carbons (Fsp3) is 0.231. The van der Waals surface area contributed by atoms with Crippen molar-refractivity contribution in [1.82, 2.24) is 0 Å². The molecule has 0 bridgehead atoms. The second-order valence-electron chi connectivity index (χ2n) is 3.18. The smallest absolute Gasteiger partial charge is 0.118 e. The minimum atomic E-state index is -0.974. The van der Waals surface area contributed by atoms with Gasteiger partial charge in [0.1, 0.15) is 5.75 Å². The maximum Gasteiger partial charge on any atom is 0.118 e. The maximum atomic E-state index is 11.8. The van der Waals surface area contributed by atoms with Crippen molar-refractivity contribution in [1.29, 1.82) is 0 Å². The van der Waals surface area contributed by atoms with Crippen molar-refractivity contribution in [3.8, 4) is 5.75 Å². The predicted octanol–water partition coefficient (Wildman–Crippen LogP) is 2.94. The first-order valence-electron chi connectivity index (χ1n) is 5.06. The summed E-state index contributed by atoms with van der Waals surface area (Å²) in [5, 5.41) is 0. The zero-order chi connectivity index (χ0) is 11.8. The predicted molar refractivity (Wildman–Crippen MR) is 68.2 cm³/mol. The average Bonchev–Trinajstić information content (AvgIpc) is 2.34. The molecule has 2 nitrogen and oxygen atoms in total. The molecule has 0 spiro atoms. The van der Waals surface area contributed by atoms with Crippen LogP contribution in [0.1, 0.15) is 6.42 Å². The molecule has 0 heterocycles. The molecule has 0 saturated heterocycles. The number of ether oxygens (including phenoxy) is 1. The molecule has 0 fully saturated rings. The third kappa shape index (κ3) is 4.03. The van der Waals surface area contributed by atoms with E-state index in [2.05, 4.69) is 6.58 Å². The zero-order valence-corrected chi connectivity index (χ0v) is 10.2. The van der Waals surface area contributed by atoms with Gasteiger partial charge in [-0.3, -0.25) is 4.21 Å². The average molecular weight is 236 g/mol. The molecule has 0 aromatic heterocycles. The molecule has 86 valence electrons. The zero-order valence-electron chi connectivity index (χ0n) is 9.39. The van der Waals surface area contributed by atoms with Crippen molar-refractivity contribution in [2.45, 2.75) is 11.3 Å². The van der Waals surface area contributed by atoms with Gasteiger partial charge in [-0.15, -0.1) is 6.58 Å². The molecule has 1 rings (SSSR count). The summed E-state index contributed by atoms with van der Waals surface area (Å²) >= 11 is 0. The largest absolute Gasteiger partial charge is 0.497 e. The van der Waals surface area contributed by atoms with Crippen LogP contribution in [0.4, 0.5) is 0 Å². The Bertz CT molecular complexity index is 379. The molecular weight excluding hydrogens is 220 g/mol. The Morgan fingerprint density at radius 2 is 2.00 bits per heavy atom. The van der Waals surface area contributed by atoms with E-state index in [0.717, 1.165) is 17.1 Å². The summed E-state index contributed by atoms with van der Waals surface area (Å²) in [6.45, 7) is 3.61. The normalized spacial score (nSPS) is 12.6. The molecule has 0 amide bonds. The standard InChI is InChI=1S/C13H16O2S/c1-3-4-5-6-11-16(14)13-9-7-12(15-2)8-10-13/h3,5-10H,1,4,11H2,2H3. The number of hydrogen-bond acceptors (Lipinski definition) is 2. The van der Waals surface area contributed by atoms with Crippen LogP contribution in [-0.4, -0.2) is 17.1 Å². The minimum absolute atomic E-state index is 0.542. The lowest BCUT2D eigenvalue weighted by molar-refractivity contribution is 0.414. The van der Waals surface area contributed by atoms with Crippen LogP contribution < -0.4 is 4.74 Å². The molecule has 1 aromatic carbocycles. The monoisotopic (exact) mass is 236 g/mol. The number of rotatable bonds is 6. The highest BCUT2D eigenvalue weighted by Crippen LogP contribution is 2.14.